The Bertz CT molecular complexity index is 1390. The van der Waals surface area contributed by atoms with Gasteiger partial charge in [-0.05, 0) is 105 Å². The van der Waals surface area contributed by atoms with Crippen LogP contribution in [-0.2, 0) is 11.3 Å². The average Bonchev–Trinajstić information content (AvgIpc) is 3.76. The summed E-state index contributed by atoms with van der Waals surface area (Å²) in [5.74, 6) is 1.17. The Morgan fingerprint density at radius 3 is 2.61 bits per heavy atom. The van der Waals surface area contributed by atoms with Crippen LogP contribution in [-0.4, -0.2) is 55.6 Å². The molecule has 2 unspecified atom stereocenters. The van der Waals surface area contributed by atoms with Crippen molar-refractivity contribution < 1.29 is 14.7 Å². The number of amides is 2. The first-order valence-electron chi connectivity index (χ1n) is 13.8. The first kappa shape index (κ1) is 24.9. The number of rotatable bonds is 11. The van der Waals surface area contributed by atoms with Crippen LogP contribution in [0, 0.1) is 18.8 Å². The van der Waals surface area contributed by atoms with Crippen LogP contribution in [0.3, 0.4) is 0 Å². The molecular weight excluding hydrogens is 480 g/mol. The maximum absolute atomic E-state index is 13.2. The Morgan fingerprint density at radius 2 is 1.97 bits per heavy atom. The molecule has 3 aromatic rings. The third-order valence-electron chi connectivity index (χ3n) is 8.63. The minimum absolute atomic E-state index is 0.110. The summed E-state index contributed by atoms with van der Waals surface area (Å²) in [7, 11) is 0. The molecule has 38 heavy (non-hydrogen) atoms. The number of carbonyl (C=O) groups is 2. The number of benzene rings is 1. The van der Waals surface area contributed by atoms with Crippen molar-refractivity contribution in [2.24, 2.45) is 11.8 Å². The van der Waals surface area contributed by atoms with Crippen molar-refractivity contribution in [3.8, 4) is 11.3 Å². The Morgan fingerprint density at radius 1 is 1.24 bits per heavy atom. The smallest absolute Gasteiger partial charge is 0.259 e. The van der Waals surface area contributed by atoms with Crippen LogP contribution in [0.1, 0.15) is 78.4 Å². The lowest BCUT2D eigenvalue weighted by Crippen LogP contribution is -2.39. The fraction of sp³-hybridized carbons (Fsp3) is 0.517. The maximum Gasteiger partial charge on any atom is 0.259 e. The summed E-state index contributed by atoms with van der Waals surface area (Å²) in [5, 5.41) is 17.0. The fourth-order valence-electron chi connectivity index (χ4n) is 5.63. The highest BCUT2D eigenvalue weighted by Crippen LogP contribution is 2.44. The van der Waals surface area contributed by atoms with Crippen LogP contribution < -0.4 is 11.1 Å². The highest BCUT2D eigenvalue weighted by Gasteiger charge is 2.34. The summed E-state index contributed by atoms with van der Waals surface area (Å²) in [6.07, 6.45) is 9.47. The fourth-order valence-corrected chi connectivity index (χ4v) is 5.63. The van der Waals surface area contributed by atoms with E-state index in [2.05, 4.69) is 36.4 Å². The molecule has 2 amide bonds. The topological polar surface area (TPSA) is 126 Å². The Labute approximate surface area is 222 Å². The lowest BCUT2D eigenvalue weighted by Gasteiger charge is -2.27. The minimum Gasteiger partial charge on any atom is -0.394 e. The van der Waals surface area contributed by atoms with Gasteiger partial charge in [0.15, 0.2) is 11.5 Å². The third-order valence-corrected chi connectivity index (χ3v) is 8.63. The lowest BCUT2D eigenvalue weighted by molar-refractivity contribution is -0.120. The van der Waals surface area contributed by atoms with E-state index in [1.54, 1.807) is 6.20 Å². The molecule has 0 aliphatic heterocycles. The van der Waals surface area contributed by atoms with Crippen molar-refractivity contribution in [3.05, 3.63) is 46.6 Å². The highest BCUT2D eigenvalue weighted by molar-refractivity contribution is 6.04. The molecule has 9 nitrogen and oxygen atoms in total. The van der Waals surface area contributed by atoms with Crippen LogP contribution in [0.15, 0.2) is 24.4 Å². The molecule has 0 bridgehead atoms. The molecular formula is C29H36N6O3. The van der Waals surface area contributed by atoms with Crippen molar-refractivity contribution in [3.63, 3.8) is 0 Å². The van der Waals surface area contributed by atoms with Gasteiger partial charge in [-0.15, -0.1) is 5.10 Å². The molecule has 0 radical (unpaired) electrons. The monoisotopic (exact) mass is 516 g/mol. The van der Waals surface area contributed by atoms with E-state index in [-0.39, 0.29) is 36.0 Å². The van der Waals surface area contributed by atoms with Gasteiger partial charge in [-0.2, -0.15) is 0 Å². The van der Waals surface area contributed by atoms with Gasteiger partial charge in [-0.25, -0.2) is 9.50 Å². The van der Waals surface area contributed by atoms with Gasteiger partial charge in [0.1, 0.15) is 5.56 Å². The molecule has 3 aliphatic rings. The Kier molecular flexibility index (Phi) is 6.34. The average molecular weight is 517 g/mol. The van der Waals surface area contributed by atoms with E-state index in [1.165, 1.54) is 41.3 Å². The first-order valence-corrected chi connectivity index (χ1v) is 13.8. The van der Waals surface area contributed by atoms with E-state index in [9.17, 15) is 14.7 Å². The largest absolute Gasteiger partial charge is 0.394 e. The van der Waals surface area contributed by atoms with Crippen molar-refractivity contribution >= 4 is 23.8 Å². The van der Waals surface area contributed by atoms with Crippen LogP contribution in [0.4, 0.5) is 5.82 Å². The zero-order valence-corrected chi connectivity index (χ0v) is 22.1. The molecule has 0 saturated heterocycles. The SMILES string of the molecule is Cc1c(CN(C=O)C(C)C2CC2)cc(-c2ccn3nc(N)c(C(=O)NC(CO)C4CC4)c3n2)cc1C1CC1. The van der Waals surface area contributed by atoms with Crippen molar-refractivity contribution in [1.82, 2.24) is 24.8 Å². The summed E-state index contributed by atoms with van der Waals surface area (Å²) in [6, 6.07) is 6.16. The standard InChI is InChI=1S/C29H36N6O3/c1-16-22(13-34(15-37)17(2)18-3-4-18)11-21(12-23(16)19-5-6-19)24-9-10-35-28(31-24)26(27(30)33-35)29(38)32-25(14-36)20-7-8-20/h9-12,15,17-20,25,36H,3-8,13-14H2,1-2H3,(H2,30,33)(H,32,38). The summed E-state index contributed by atoms with van der Waals surface area (Å²) < 4.78 is 1.53. The van der Waals surface area contributed by atoms with E-state index in [0.717, 1.165) is 36.1 Å². The first-order chi connectivity index (χ1) is 18.4. The molecule has 200 valence electrons. The molecule has 2 aromatic heterocycles. The molecule has 3 aliphatic carbocycles. The number of carbonyl (C=O) groups excluding carboxylic acids is 2. The van der Waals surface area contributed by atoms with E-state index in [1.807, 2.05) is 11.0 Å². The minimum atomic E-state index is -0.368. The molecule has 0 spiro atoms. The summed E-state index contributed by atoms with van der Waals surface area (Å²) in [5.41, 5.74) is 12.1. The maximum atomic E-state index is 13.2. The van der Waals surface area contributed by atoms with E-state index < -0.39 is 0 Å². The van der Waals surface area contributed by atoms with Gasteiger partial charge >= 0.3 is 0 Å². The highest BCUT2D eigenvalue weighted by atomic mass is 16.3. The summed E-state index contributed by atoms with van der Waals surface area (Å²) in [4.78, 5) is 32.0. The lowest BCUT2D eigenvalue weighted by atomic mass is 9.94. The summed E-state index contributed by atoms with van der Waals surface area (Å²) in [6.45, 7) is 4.76. The number of nitrogens with one attached hydrogen (secondary N) is 1. The zero-order chi connectivity index (χ0) is 26.6. The number of aliphatic hydroxyl groups is 1. The molecule has 2 atom stereocenters. The number of anilines is 1. The van der Waals surface area contributed by atoms with Gasteiger partial charge in [0.2, 0.25) is 6.41 Å². The predicted molar refractivity (Wildman–Crippen MR) is 144 cm³/mol. The van der Waals surface area contributed by atoms with Gasteiger partial charge in [0.25, 0.3) is 5.91 Å². The molecule has 3 saturated carbocycles. The van der Waals surface area contributed by atoms with Gasteiger partial charge in [0, 0.05) is 24.3 Å². The van der Waals surface area contributed by atoms with Gasteiger partial charge in [-0.1, -0.05) is 0 Å². The van der Waals surface area contributed by atoms with Gasteiger partial charge in [0.05, 0.1) is 18.3 Å². The molecule has 3 fully saturated rings. The van der Waals surface area contributed by atoms with E-state index in [0.29, 0.717) is 29.9 Å². The molecule has 9 heteroatoms. The number of nitrogens with zero attached hydrogens (tertiary/aromatic N) is 4. The Balaban J connectivity index is 1.36. The number of hydrogen-bond donors (Lipinski definition) is 3. The number of aliphatic hydroxyl groups excluding tert-OH is 1. The number of nitrogen functional groups attached to an aromatic ring is 1. The van der Waals surface area contributed by atoms with Crippen molar-refractivity contribution in [2.75, 3.05) is 12.3 Å². The van der Waals surface area contributed by atoms with E-state index >= 15 is 0 Å². The van der Waals surface area contributed by atoms with Gasteiger partial charge in [-0.3, -0.25) is 9.59 Å². The van der Waals surface area contributed by atoms with Crippen LogP contribution in [0.5, 0.6) is 0 Å². The molecule has 1 aromatic carbocycles. The quantitative estimate of drug-likeness (QED) is 0.335. The number of aromatic nitrogens is 3. The number of hydrogen-bond acceptors (Lipinski definition) is 6. The second-order valence-electron chi connectivity index (χ2n) is 11.4. The molecule has 4 N–H and O–H groups in total. The Hall–Kier alpha value is -3.46. The van der Waals surface area contributed by atoms with Crippen LogP contribution >= 0.6 is 0 Å². The number of nitrogens with two attached hydrogens (primary N) is 1. The summed E-state index contributed by atoms with van der Waals surface area (Å²) >= 11 is 0. The second-order valence-corrected chi connectivity index (χ2v) is 11.4. The normalized spacial score (nSPS) is 18.8. The predicted octanol–water partition coefficient (Wildman–Crippen LogP) is 3.42. The second kappa shape index (κ2) is 9.69. The van der Waals surface area contributed by atoms with Crippen molar-refractivity contribution in [2.45, 2.75) is 76.9 Å². The molecule has 2 heterocycles. The van der Waals surface area contributed by atoms with E-state index in [4.69, 9.17) is 10.7 Å². The number of fused-ring (bicyclic) bond motifs is 1. The molecule has 6 rings (SSSR count). The van der Waals surface area contributed by atoms with Gasteiger partial charge < -0.3 is 21.1 Å². The van der Waals surface area contributed by atoms with Crippen molar-refractivity contribution in [1.29, 1.82) is 0 Å². The third kappa shape index (κ3) is 4.75. The van der Waals surface area contributed by atoms with Crippen LogP contribution in [0.2, 0.25) is 0 Å². The zero-order valence-electron chi connectivity index (χ0n) is 22.1. The van der Waals surface area contributed by atoms with Crippen LogP contribution in [0.25, 0.3) is 16.9 Å².